The number of nitrogens with zero attached hydrogens (tertiary/aromatic N) is 3. The van der Waals surface area contributed by atoms with Gasteiger partial charge in [0.05, 0.1) is 16.1 Å². The molecule has 1 amide bonds. The number of pyridine rings is 1. The number of nitrogens with one attached hydrogen (secondary N) is 1. The molecule has 5 nitrogen and oxygen atoms in total. The van der Waals surface area contributed by atoms with E-state index >= 15 is 0 Å². The minimum absolute atomic E-state index is 0.0213. The lowest BCUT2D eigenvalue weighted by Gasteiger charge is -2.09. The largest absolute Gasteiger partial charge is 0.309 e. The van der Waals surface area contributed by atoms with Crippen LogP contribution in [-0.4, -0.2) is 20.7 Å². The summed E-state index contributed by atoms with van der Waals surface area (Å²) in [5.74, 6) is 1.29. The van der Waals surface area contributed by atoms with Gasteiger partial charge in [-0.2, -0.15) is 5.10 Å². The third-order valence-electron chi connectivity index (χ3n) is 4.82. The number of amides is 1. The zero-order valence-corrected chi connectivity index (χ0v) is 14.7. The van der Waals surface area contributed by atoms with E-state index in [1.54, 1.807) is 4.68 Å². The highest BCUT2D eigenvalue weighted by molar-refractivity contribution is 6.33. The molecule has 2 aromatic heterocycles. The summed E-state index contributed by atoms with van der Waals surface area (Å²) in [6, 6.07) is 0. The van der Waals surface area contributed by atoms with Crippen LogP contribution < -0.4 is 5.32 Å². The van der Waals surface area contributed by atoms with E-state index in [2.05, 4.69) is 15.4 Å². The van der Waals surface area contributed by atoms with Crippen molar-refractivity contribution >= 4 is 34.4 Å². The maximum Gasteiger partial charge on any atom is 0.225 e. The van der Waals surface area contributed by atoms with Crippen LogP contribution in [0.25, 0.3) is 11.0 Å². The van der Waals surface area contributed by atoms with Crippen molar-refractivity contribution in [3.8, 4) is 0 Å². The SMILES string of the molecule is Cc1nc2c(c(NC(=O)CCC3CCCC3)nn2C)c(C)c1Cl. The van der Waals surface area contributed by atoms with Gasteiger partial charge in [-0.15, -0.1) is 0 Å². The quantitative estimate of drug-likeness (QED) is 0.913. The fourth-order valence-electron chi connectivity index (χ4n) is 3.49. The Bertz CT molecular complexity index is 747. The smallest absolute Gasteiger partial charge is 0.225 e. The predicted molar refractivity (Wildman–Crippen MR) is 92.8 cm³/mol. The topological polar surface area (TPSA) is 59.8 Å². The summed E-state index contributed by atoms with van der Waals surface area (Å²) in [5.41, 5.74) is 2.43. The van der Waals surface area contributed by atoms with Crippen molar-refractivity contribution in [3.63, 3.8) is 0 Å². The van der Waals surface area contributed by atoms with Gasteiger partial charge in [0, 0.05) is 13.5 Å². The van der Waals surface area contributed by atoms with Crippen LogP contribution in [0.3, 0.4) is 0 Å². The molecule has 2 heterocycles. The van der Waals surface area contributed by atoms with Crippen molar-refractivity contribution in [3.05, 3.63) is 16.3 Å². The van der Waals surface area contributed by atoms with Gasteiger partial charge in [-0.05, 0) is 31.7 Å². The Hall–Kier alpha value is -1.62. The molecular weight excluding hydrogens is 312 g/mol. The van der Waals surface area contributed by atoms with Crippen LogP contribution in [0.15, 0.2) is 0 Å². The Morgan fingerprint density at radius 1 is 1.35 bits per heavy atom. The van der Waals surface area contributed by atoms with E-state index in [0.29, 0.717) is 23.2 Å². The van der Waals surface area contributed by atoms with Crippen LogP contribution >= 0.6 is 11.6 Å². The van der Waals surface area contributed by atoms with Crippen LogP contribution in [0.2, 0.25) is 5.02 Å². The summed E-state index contributed by atoms with van der Waals surface area (Å²) in [7, 11) is 1.83. The van der Waals surface area contributed by atoms with Gasteiger partial charge < -0.3 is 5.32 Å². The first kappa shape index (κ1) is 16.2. The molecule has 0 atom stereocenters. The van der Waals surface area contributed by atoms with E-state index in [1.807, 2.05) is 20.9 Å². The van der Waals surface area contributed by atoms with Gasteiger partial charge in [-0.1, -0.05) is 37.3 Å². The average molecular weight is 335 g/mol. The second-order valence-electron chi connectivity index (χ2n) is 6.54. The molecule has 1 aliphatic rings. The van der Waals surface area contributed by atoms with E-state index < -0.39 is 0 Å². The van der Waals surface area contributed by atoms with E-state index in [-0.39, 0.29) is 5.91 Å². The number of carbonyl (C=O) groups is 1. The molecule has 3 rings (SSSR count). The number of fused-ring (bicyclic) bond motifs is 1. The van der Waals surface area contributed by atoms with Gasteiger partial charge in [-0.3, -0.25) is 4.79 Å². The van der Waals surface area contributed by atoms with Crippen LogP contribution in [0.1, 0.15) is 49.8 Å². The highest BCUT2D eigenvalue weighted by Gasteiger charge is 2.20. The molecule has 0 saturated heterocycles. The summed E-state index contributed by atoms with van der Waals surface area (Å²) in [6.07, 6.45) is 6.65. The number of carbonyl (C=O) groups excluding carboxylic acids is 1. The molecule has 23 heavy (non-hydrogen) atoms. The first-order chi connectivity index (χ1) is 11.0. The molecule has 0 bridgehead atoms. The van der Waals surface area contributed by atoms with E-state index in [4.69, 9.17) is 11.6 Å². The van der Waals surface area contributed by atoms with E-state index in [0.717, 1.165) is 28.7 Å². The third-order valence-corrected chi connectivity index (χ3v) is 5.38. The highest BCUT2D eigenvalue weighted by atomic mass is 35.5. The zero-order chi connectivity index (χ0) is 16.6. The summed E-state index contributed by atoms with van der Waals surface area (Å²) in [5, 5.41) is 8.83. The molecule has 1 saturated carbocycles. The van der Waals surface area contributed by atoms with Gasteiger partial charge >= 0.3 is 0 Å². The van der Waals surface area contributed by atoms with Gasteiger partial charge in [0.25, 0.3) is 0 Å². The Labute approximate surface area is 141 Å². The zero-order valence-electron chi connectivity index (χ0n) is 13.9. The lowest BCUT2D eigenvalue weighted by atomic mass is 10.0. The molecule has 1 fully saturated rings. The molecular formula is C17H23ClN4O. The van der Waals surface area contributed by atoms with Gasteiger partial charge in [0.15, 0.2) is 11.5 Å². The first-order valence-electron chi connectivity index (χ1n) is 8.26. The maximum atomic E-state index is 12.3. The second kappa shape index (κ2) is 6.48. The van der Waals surface area contributed by atoms with Crippen LogP contribution in [0.4, 0.5) is 5.82 Å². The van der Waals surface area contributed by atoms with Gasteiger partial charge in [-0.25, -0.2) is 9.67 Å². The van der Waals surface area contributed by atoms with Crippen LogP contribution in [-0.2, 0) is 11.8 Å². The summed E-state index contributed by atoms with van der Waals surface area (Å²) >= 11 is 6.31. The molecule has 0 spiro atoms. The minimum atomic E-state index is 0.0213. The first-order valence-corrected chi connectivity index (χ1v) is 8.64. The number of hydrogen-bond acceptors (Lipinski definition) is 3. The Morgan fingerprint density at radius 2 is 2.04 bits per heavy atom. The predicted octanol–water partition coefficient (Wildman–Crippen LogP) is 4.15. The number of rotatable bonds is 4. The van der Waals surface area contributed by atoms with Crippen molar-refractivity contribution in [1.29, 1.82) is 0 Å². The minimum Gasteiger partial charge on any atom is -0.309 e. The lowest BCUT2D eigenvalue weighted by molar-refractivity contribution is -0.116. The molecule has 0 aromatic carbocycles. The number of halogens is 1. The van der Waals surface area contributed by atoms with Crippen molar-refractivity contribution in [2.45, 2.75) is 52.4 Å². The Kier molecular flexibility index (Phi) is 4.57. The monoisotopic (exact) mass is 334 g/mol. The molecule has 0 radical (unpaired) electrons. The molecule has 0 aliphatic heterocycles. The number of anilines is 1. The Morgan fingerprint density at radius 3 is 2.74 bits per heavy atom. The van der Waals surface area contributed by atoms with Crippen LogP contribution in [0.5, 0.6) is 0 Å². The fraction of sp³-hybridized carbons (Fsp3) is 0.588. The molecule has 1 N–H and O–H groups in total. The summed E-state index contributed by atoms with van der Waals surface area (Å²) < 4.78 is 1.69. The molecule has 1 aliphatic carbocycles. The van der Waals surface area contributed by atoms with Gasteiger partial charge in [0.2, 0.25) is 5.91 Å². The summed E-state index contributed by atoms with van der Waals surface area (Å²) in [6.45, 7) is 3.82. The highest BCUT2D eigenvalue weighted by Crippen LogP contribution is 2.32. The molecule has 2 aromatic rings. The van der Waals surface area contributed by atoms with Gasteiger partial charge in [0.1, 0.15) is 0 Å². The second-order valence-corrected chi connectivity index (χ2v) is 6.92. The molecule has 0 unspecified atom stereocenters. The van der Waals surface area contributed by atoms with Crippen molar-refractivity contribution in [1.82, 2.24) is 14.8 Å². The molecule has 6 heteroatoms. The standard InChI is InChI=1S/C17H23ClN4O/c1-10-14-16(20-13(23)9-8-12-6-4-5-7-12)21-22(3)17(14)19-11(2)15(10)18/h12H,4-9H2,1-3H3,(H,20,21,23). The van der Waals surface area contributed by atoms with Crippen molar-refractivity contribution in [2.75, 3.05) is 5.32 Å². The average Bonchev–Trinajstić information content (AvgIpc) is 3.12. The normalized spacial score (nSPS) is 15.5. The van der Waals surface area contributed by atoms with E-state index in [9.17, 15) is 4.79 Å². The number of hydrogen-bond donors (Lipinski definition) is 1. The summed E-state index contributed by atoms with van der Waals surface area (Å²) in [4.78, 5) is 16.8. The van der Waals surface area contributed by atoms with E-state index in [1.165, 1.54) is 25.7 Å². The third kappa shape index (κ3) is 3.20. The number of aromatic nitrogens is 3. The fourth-order valence-corrected chi connectivity index (χ4v) is 3.63. The van der Waals surface area contributed by atoms with Crippen molar-refractivity contribution in [2.24, 2.45) is 13.0 Å². The maximum absolute atomic E-state index is 12.3. The number of aryl methyl sites for hydroxylation is 3. The van der Waals surface area contributed by atoms with Crippen molar-refractivity contribution < 1.29 is 4.79 Å². The Balaban J connectivity index is 1.79. The van der Waals surface area contributed by atoms with Crippen LogP contribution in [0, 0.1) is 19.8 Å². The lowest BCUT2D eigenvalue weighted by Crippen LogP contribution is -2.13. The molecule has 124 valence electrons.